The molecule has 13 nitrogen and oxygen atoms in total. The first-order valence-electron chi connectivity index (χ1n) is 7.91. The van der Waals surface area contributed by atoms with Gasteiger partial charge in [0.1, 0.15) is 18.1 Å². The zero-order chi connectivity index (χ0) is 20.3. The molecule has 0 aliphatic rings. The largest absolute Gasteiger partial charge is 0.480 e. The smallest absolute Gasteiger partial charge is 0.327 e. The molecule has 14 N–H and O–H groups in total. The van der Waals surface area contributed by atoms with E-state index in [0.29, 0.717) is 0 Å². The Balaban J connectivity index is 4.86. The van der Waals surface area contributed by atoms with E-state index in [-0.39, 0.29) is 32.6 Å². The third-order valence-electron chi connectivity index (χ3n) is 3.40. The van der Waals surface area contributed by atoms with Crippen molar-refractivity contribution in [3.05, 3.63) is 0 Å². The summed E-state index contributed by atoms with van der Waals surface area (Å²) in [6.45, 7) is -0.721. The van der Waals surface area contributed by atoms with Crippen molar-refractivity contribution in [1.29, 1.82) is 0 Å². The van der Waals surface area contributed by atoms with Gasteiger partial charge in [-0.2, -0.15) is 0 Å². The SMILES string of the molecule is NCC[C@H](N)C(=O)N[C@@H](CN)C(=O)N[C@@H](CN)C(=O)N[C@@H](CN)C(=O)O. The molecular formula is C13H28N8O5. The summed E-state index contributed by atoms with van der Waals surface area (Å²) < 4.78 is 0. The number of hydrogen-bond acceptors (Lipinski definition) is 9. The summed E-state index contributed by atoms with van der Waals surface area (Å²) in [4.78, 5) is 47.0. The fraction of sp³-hybridized carbons (Fsp3) is 0.692. The maximum Gasteiger partial charge on any atom is 0.327 e. The van der Waals surface area contributed by atoms with Crippen LogP contribution in [0.1, 0.15) is 6.42 Å². The van der Waals surface area contributed by atoms with Gasteiger partial charge in [0.2, 0.25) is 17.7 Å². The molecule has 4 atom stereocenters. The number of carboxylic acid groups (broad SMARTS) is 1. The van der Waals surface area contributed by atoms with Crippen molar-refractivity contribution in [3.8, 4) is 0 Å². The summed E-state index contributed by atoms with van der Waals surface area (Å²) in [6, 6.07) is -4.62. The maximum absolute atomic E-state index is 12.2. The standard InChI is InChI=1S/C13H28N8O5/c14-2-1-6(18)10(22)19-7(3-15)11(23)20-8(4-16)12(24)21-9(5-17)13(25)26/h6-9H,1-5,14-18H2,(H,19,22)(H,20,23)(H,21,24)(H,25,26)/t6-,7-,8-,9-/m0/s1. The molecule has 0 aromatic heterocycles. The molecule has 0 aromatic rings. The van der Waals surface area contributed by atoms with Gasteiger partial charge in [0.15, 0.2) is 0 Å². The Bertz CT molecular complexity index is 503. The van der Waals surface area contributed by atoms with E-state index >= 15 is 0 Å². The molecule has 0 aliphatic heterocycles. The van der Waals surface area contributed by atoms with Crippen LogP contribution in [0, 0.1) is 0 Å². The Hall–Kier alpha value is -2.32. The molecule has 26 heavy (non-hydrogen) atoms. The van der Waals surface area contributed by atoms with E-state index in [1.165, 1.54) is 0 Å². The lowest BCUT2D eigenvalue weighted by molar-refractivity contribution is -0.142. The second-order valence-electron chi connectivity index (χ2n) is 5.41. The molecule has 0 unspecified atom stereocenters. The van der Waals surface area contributed by atoms with Crippen molar-refractivity contribution < 1.29 is 24.3 Å². The van der Waals surface area contributed by atoms with Gasteiger partial charge in [-0.25, -0.2) is 4.79 Å². The second kappa shape index (κ2) is 12.1. The Kier molecular flexibility index (Phi) is 11.0. The lowest BCUT2D eigenvalue weighted by Gasteiger charge is -2.23. The number of hydrogen-bond donors (Lipinski definition) is 9. The molecule has 0 radical (unpaired) electrons. The van der Waals surface area contributed by atoms with Crippen molar-refractivity contribution in [3.63, 3.8) is 0 Å². The predicted molar refractivity (Wildman–Crippen MR) is 92.2 cm³/mol. The van der Waals surface area contributed by atoms with Gasteiger partial charge in [-0.3, -0.25) is 14.4 Å². The lowest BCUT2D eigenvalue weighted by atomic mass is 10.1. The van der Waals surface area contributed by atoms with E-state index in [0.717, 1.165) is 0 Å². The van der Waals surface area contributed by atoms with Crippen LogP contribution in [0.5, 0.6) is 0 Å². The van der Waals surface area contributed by atoms with Gasteiger partial charge in [-0.15, -0.1) is 0 Å². The highest BCUT2D eigenvalue weighted by molar-refractivity contribution is 5.94. The number of carboxylic acids is 1. The Morgan fingerprint density at radius 1 is 0.731 bits per heavy atom. The third kappa shape index (κ3) is 7.71. The fourth-order valence-corrected chi connectivity index (χ4v) is 1.82. The highest BCUT2D eigenvalue weighted by Crippen LogP contribution is 1.92. The van der Waals surface area contributed by atoms with Crippen molar-refractivity contribution in [2.45, 2.75) is 30.6 Å². The number of carbonyl (C=O) groups is 4. The molecule has 0 saturated carbocycles. The van der Waals surface area contributed by atoms with Gasteiger partial charge in [0, 0.05) is 19.6 Å². The highest BCUT2D eigenvalue weighted by atomic mass is 16.4. The van der Waals surface area contributed by atoms with Crippen molar-refractivity contribution in [2.24, 2.45) is 28.7 Å². The van der Waals surface area contributed by atoms with Crippen LogP contribution in [-0.2, 0) is 19.2 Å². The minimum Gasteiger partial charge on any atom is -0.480 e. The molecule has 0 saturated heterocycles. The molecule has 150 valence electrons. The average Bonchev–Trinajstić information content (AvgIpc) is 2.61. The molecule has 13 heteroatoms. The molecule has 0 spiro atoms. The molecular weight excluding hydrogens is 348 g/mol. The highest BCUT2D eigenvalue weighted by Gasteiger charge is 2.28. The van der Waals surface area contributed by atoms with E-state index in [1.807, 2.05) is 0 Å². The van der Waals surface area contributed by atoms with Crippen LogP contribution >= 0.6 is 0 Å². The summed E-state index contributed by atoms with van der Waals surface area (Å²) in [6.07, 6.45) is 0.217. The van der Waals surface area contributed by atoms with Gasteiger partial charge in [-0.05, 0) is 13.0 Å². The van der Waals surface area contributed by atoms with Gasteiger partial charge in [0.05, 0.1) is 6.04 Å². The number of amides is 3. The predicted octanol–water partition coefficient (Wildman–Crippen LogP) is -5.92. The monoisotopic (exact) mass is 376 g/mol. The maximum atomic E-state index is 12.2. The molecule has 0 heterocycles. The first-order valence-corrected chi connectivity index (χ1v) is 7.91. The molecule has 0 bridgehead atoms. The van der Waals surface area contributed by atoms with E-state index < -0.39 is 47.9 Å². The molecule has 0 aliphatic carbocycles. The average molecular weight is 376 g/mol. The van der Waals surface area contributed by atoms with Gasteiger partial charge >= 0.3 is 5.97 Å². The summed E-state index contributed by atoms with van der Waals surface area (Å²) >= 11 is 0. The number of carbonyl (C=O) groups excluding carboxylic acids is 3. The van der Waals surface area contributed by atoms with Crippen LogP contribution in [0.15, 0.2) is 0 Å². The minimum atomic E-state index is -1.33. The Labute approximate surface area is 150 Å². The molecule has 3 amide bonds. The van der Waals surface area contributed by atoms with Crippen LogP contribution in [-0.4, -0.2) is 79.1 Å². The minimum absolute atomic E-state index is 0.190. The van der Waals surface area contributed by atoms with Crippen LogP contribution < -0.4 is 44.6 Å². The van der Waals surface area contributed by atoms with Crippen molar-refractivity contribution in [2.75, 3.05) is 26.2 Å². The Morgan fingerprint density at radius 2 is 1.12 bits per heavy atom. The summed E-state index contributed by atoms with van der Waals surface area (Å²) in [5, 5.41) is 15.7. The third-order valence-corrected chi connectivity index (χ3v) is 3.40. The normalized spacial score (nSPS) is 15.3. The van der Waals surface area contributed by atoms with Crippen LogP contribution in [0.3, 0.4) is 0 Å². The van der Waals surface area contributed by atoms with Crippen molar-refractivity contribution >= 4 is 23.7 Å². The molecule has 0 fully saturated rings. The van der Waals surface area contributed by atoms with Gasteiger partial charge in [-0.1, -0.05) is 0 Å². The fourth-order valence-electron chi connectivity index (χ4n) is 1.82. The van der Waals surface area contributed by atoms with Gasteiger partial charge in [0.25, 0.3) is 0 Å². The quantitative estimate of drug-likeness (QED) is 0.156. The van der Waals surface area contributed by atoms with Crippen LogP contribution in [0.25, 0.3) is 0 Å². The van der Waals surface area contributed by atoms with E-state index in [4.69, 9.17) is 33.8 Å². The Morgan fingerprint density at radius 3 is 1.46 bits per heavy atom. The zero-order valence-electron chi connectivity index (χ0n) is 14.3. The first kappa shape index (κ1) is 23.7. The van der Waals surface area contributed by atoms with E-state index in [1.54, 1.807) is 0 Å². The molecule has 0 rings (SSSR count). The summed E-state index contributed by atoms with van der Waals surface area (Å²) in [5.41, 5.74) is 27.0. The van der Waals surface area contributed by atoms with Gasteiger partial charge < -0.3 is 49.7 Å². The number of rotatable bonds is 12. The first-order chi connectivity index (χ1) is 12.2. The van der Waals surface area contributed by atoms with Crippen molar-refractivity contribution in [1.82, 2.24) is 16.0 Å². The second-order valence-corrected chi connectivity index (χ2v) is 5.41. The number of aliphatic carboxylic acids is 1. The van der Waals surface area contributed by atoms with E-state index in [9.17, 15) is 19.2 Å². The topological polar surface area (TPSA) is 255 Å². The van der Waals surface area contributed by atoms with E-state index in [2.05, 4.69) is 16.0 Å². The lowest BCUT2D eigenvalue weighted by Crippen LogP contribution is -2.61. The number of nitrogens with one attached hydrogen (secondary N) is 3. The summed E-state index contributed by atoms with van der Waals surface area (Å²) in [7, 11) is 0. The number of nitrogens with two attached hydrogens (primary N) is 5. The summed E-state index contributed by atoms with van der Waals surface area (Å²) in [5.74, 6) is -3.56. The zero-order valence-corrected chi connectivity index (χ0v) is 14.3. The molecule has 0 aromatic carbocycles. The van der Waals surface area contributed by atoms with Crippen LogP contribution in [0.4, 0.5) is 0 Å². The van der Waals surface area contributed by atoms with Crippen LogP contribution in [0.2, 0.25) is 0 Å².